The fourth-order valence-corrected chi connectivity index (χ4v) is 7.28. The highest BCUT2D eigenvalue weighted by Gasteiger charge is 2.41. The number of hydrogen-bond acceptors (Lipinski definition) is 8. The summed E-state index contributed by atoms with van der Waals surface area (Å²) in [6, 6.07) is 5.08. The molecule has 9 heteroatoms. The molecule has 2 saturated heterocycles. The number of carbonyl (C=O) groups excluding carboxylic acids is 1. The molecule has 3 unspecified atom stereocenters. The number of rotatable bonds is 3. The van der Waals surface area contributed by atoms with E-state index in [1.807, 2.05) is 6.92 Å². The maximum absolute atomic E-state index is 12.9. The van der Waals surface area contributed by atoms with Gasteiger partial charge in [-0.25, -0.2) is 9.97 Å². The van der Waals surface area contributed by atoms with Crippen LogP contribution in [-0.4, -0.2) is 47.6 Å². The van der Waals surface area contributed by atoms with Crippen molar-refractivity contribution in [3.05, 3.63) is 33.3 Å². The molecule has 0 radical (unpaired) electrons. The van der Waals surface area contributed by atoms with Crippen molar-refractivity contribution < 1.29 is 4.79 Å². The van der Waals surface area contributed by atoms with Gasteiger partial charge in [0.05, 0.1) is 15.4 Å². The maximum atomic E-state index is 12.9. The molecule has 3 aliphatic rings. The number of hydrogen-bond donors (Lipinski definition) is 3. The molecule has 2 fully saturated rings. The number of piperidine rings is 1. The van der Waals surface area contributed by atoms with E-state index in [0.29, 0.717) is 16.6 Å². The molecule has 6 rings (SSSR count). The minimum atomic E-state index is -0.0835. The predicted octanol–water partition coefficient (Wildman–Crippen LogP) is 2.73. The van der Waals surface area contributed by atoms with E-state index in [-0.39, 0.29) is 11.9 Å². The lowest BCUT2D eigenvalue weighted by Crippen LogP contribution is -2.64. The van der Waals surface area contributed by atoms with Crippen LogP contribution in [0.25, 0.3) is 9.53 Å². The van der Waals surface area contributed by atoms with Crippen LogP contribution < -0.4 is 21.3 Å². The molecule has 3 aromatic rings. The highest BCUT2D eigenvalue weighted by atomic mass is 32.1. The van der Waals surface area contributed by atoms with Crippen molar-refractivity contribution in [2.75, 3.05) is 30.3 Å². The van der Waals surface area contributed by atoms with E-state index in [1.54, 1.807) is 11.3 Å². The number of pyridine rings is 1. The molecule has 3 aromatic heterocycles. The summed E-state index contributed by atoms with van der Waals surface area (Å²) in [7, 11) is 0. The Kier molecular flexibility index (Phi) is 4.66. The number of nitrogens with two attached hydrogens (primary N) is 1. The molecule has 4 N–H and O–H groups in total. The van der Waals surface area contributed by atoms with Gasteiger partial charge in [-0.2, -0.15) is 0 Å². The third-order valence-electron chi connectivity index (χ3n) is 6.90. The van der Waals surface area contributed by atoms with Gasteiger partial charge in [-0.15, -0.1) is 22.7 Å². The van der Waals surface area contributed by atoms with E-state index < -0.39 is 0 Å². The zero-order valence-corrected chi connectivity index (χ0v) is 19.1. The number of nitrogens with zero attached hydrogens (tertiary/aromatic N) is 3. The number of aryl methyl sites for hydroxylation is 2. The van der Waals surface area contributed by atoms with Gasteiger partial charge in [0, 0.05) is 30.9 Å². The summed E-state index contributed by atoms with van der Waals surface area (Å²) in [6.45, 7) is 5.30. The van der Waals surface area contributed by atoms with Crippen molar-refractivity contribution >= 4 is 49.6 Å². The van der Waals surface area contributed by atoms with Gasteiger partial charge < -0.3 is 21.3 Å². The number of fused-ring (bicyclic) bond motifs is 3. The molecule has 0 spiro atoms. The Morgan fingerprint density at radius 1 is 1.29 bits per heavy atom. The molecule has 1 aliphatic carbocycles. The molecule has 0 bridgehead atoms. The third kappa shape index (κ3) is 3.30. The molecular formula is C22H26N6OS2. The number of thiazole rings is 1. The Bertz CT molecular complexity index is 1170. The summed E-state index contributed by atoms with van der Waals surface area (Å²) >= 11 is 2.94. The fourth-order valence-electron chi connectivity index (χ4n) is 5.19. The molecule has 7 nitrogen and oxygen atoms in total. The van der Waals surface area contributed by atoms with E-state index in [9.17, 15) is 4.79 Å². The molecule has 1 amide bonds. The number of anilines is 2. The Morgan fingerprint density at radius 3 is 3.03 bits per heavy atom. The summed E-state index contributed by atoms with van der Waals surface area (Å²) < 4.78 is 0.930. The lowest BCUT2D eigenvalue weighted by atomic mass is 9.83. The first-order valence-corrected chi connectivity index (χ1v) is 12.6. The third-order valence-corrected chi connectivity index (χ3v) is 9.13. The zero-order valence-electron chi connectivity index (χ0n) is 17.5. The average molecular weight is 455 g/mol. The van der Waals surface area contributed by atoms with Crippen LogP contribution in [0, 0.1) is 12.8 Å². The quantitative estimate of drug-likeness (QED) is 0.563. The number of thiophene rings is 1. The van der Waals surface area contributed by atoms with Gasteiger partial charge in [0.2, 0.25) is 0 Å². The van der Waals surface area contributed by atoms with E-state index in [0.717, 1.165) is 65.2 Å². The lowest BCUT2D eigenvalue weighted by Gasteiger charge is -2.51. The Hall–Kier alpha value is -2.23. The molecule has 5 heterocycles. The number of amides is 1. The normalized spacial score (nSPS) is 25.1. The number of nitrogen functional groups attached to an aromatic ring is 1. The van der Waals surface area contributed by atoms with Crippen molar-refractivity contribution in [1.29, 1.82) is 0 Å². The zero-order chi connectivity index (χ0) is 21.1. The Balaban J connectivity index is 1.14. The first kappa shape index (κ1) is 19.5. The topological polar surface area (TPSA) is 96.2 Å². The smallest absolute Gasteiger partial charge is 0.263 e. The van der Waals surface area contributed by atoms with Gasteiger partial charge in [0.15, 0.2) is 0 Å². The van der Waals surface area contributed by atoms with Gasteiger partial charge >= 0.3 is 0 Å². The van der Waals surface area contributed by atoms with Crippen LogP contribution in [0.2, 0.25) is 0 Å². The van der Waals surface area contributed by atoms with Crippen molar-refractivity contribution in [2.24, 2.45) is 5.92 Å². The van der Waals surface area contributed by atoms with Crippen molar-refractivity contribution in [2.45, 2.75) is 44.7 Å². The maximum Gasteiger partial charge on any atom is 0.263 e. The molecule has 31 heavy (non-hydrogen) atoms. The summed E-state index contributed by atoms with van der Waals surface area (Å²) in [5.74, 6) is 1.85. The minimum Gasteiger partial charge on any atom is -0.396 e. The van der Waals surface area contributed by atoms with E-state index in [1.165, 1.54) is 29.0 Å². The van der Waals surface area contributed by atoms with Crippen molar-refractivity contribution in [3.63, 3.8) is 0 Å². The average Bonchev–Trinajstić information content (AvgIpc) is 3.26. The fraction of sp³-hybridized carbons (Fsp3) is 0.500. The molecule has 3 atom stereocenters. The van der Waals surface area contributed by atoms with Gasteiger partial charge in [-0.1, -0.05) is 6.07 Å². The van der Waals surface area contributed by atoms with Crippen LogP contribution in [0.5, 0.6) is 0 Å². The Morgan fingerprint density at radius 2 is 2.19 bits per heavy atom. The van der Waals surface area contributed by atoms with Crippen molar-refractivity contribution in [3.8, 4) is 0 Å². The second kappa shape index (κ2) is 7.43. The van der Waals surface area contributed by atoms with Crippen LogP contribution in [-0.2, 0) is 12.8 Å². The second-order valence-corrected chi connectivity index (χ2v) is 11.1. The largest absolute Gasteiger partial charge is 0.396 e. The number of nitrogens with one attached hydrogen (secondary N) is 2. The predicted molar refractivity (Wildman–Crippen MR) is 126 cm³/mol. The number of aromatic nitrogens is 2. The van der Waals surface area contributed by atoms with E-state index >= 15 is 0 Å². The number of carbonyl (C=O) groups is 1. The van der Waals surface area contributed by atoms with E-state index in [2.05, 4.69) is 32.7 Å². The molecule has 0 saturated carbocycles. The summed E-state index contributed by atoms with van der Waals surface area (Å²) in [4.78, 5) is 26.3. The van der Waals surface area contributed by atoms with E-state index in [4.69, 9.17) is 10.7 Å². The molecular weight excluding hydrogens is 428 g/mol. The van der Waals surface area contributed by atoms with Crippen LogP contribution >= 0.6 is 22.7 Å². The van der Waals surface area contributed by atoms with Gasteiger partial charge in [0.25, 0.3) is 5.91 Å². The first-order valence-electron chi connectivity index (χ1n) is 11.0. The molecule has 162 valence electrons. The monoisotopic (exact) mass is 454 g/mol. The Labute approximate surface area is 189 Å². The summed E-state index contributed by atoms with van der Waals surface area (Å²) in [5, 5.41) is 7.69. The highest BCUT2D eigenvalue weighted by Crippen LogP contribution is 2.38. The van der Waals surface area contributed by atoms with Crippen LogP contribution in [0.3, 0.4) is 0 Å². The van der Waals surface area contributed by atoms with Crippen LogP contribution in [0.1, 0.15) is 38.8 Å². The summed E-state index contributed by atoms with van der Waals surface area (Å²) in [5.41, 5.74) is 9.24. The highest BCUT2D eigenvalue weighted by molar-refractivity contribution is 7.29. The molecule has 0 aromatic carbocycles. The van der Waals surface area contributed by atoms with Crippen molar-refractivity contribution in [1.82, 2.24) is 20.6 Å². The van der Waals surface area contributed by atoms with Gasteiger partial charge in [-0.05, 0) is 56.7 Å². The minimum absolute atomic E-state index is 0.0835. The lowest BCUT2D eigenvalue weighted by molar-refractivity contribution is 0.0938. The summed E-state index contributed by atoms with van der Waals surface area (Å²) in [6.07, 6.45) is 3.89. The van der Waals surface area contributed by atoms with Crippen LogP contribution in [0.15, 0.2) is 12.1 Å². The SMILES string of the molecule is Cc1nc2sc(C(=O)NC3CCc4nc(N5CC6CCNCC65)ccc4C3)c(N)c2s1. The molecule has 2 aliphatic heterocycles. The van der Waals surface area contributed by atoms with Gasteiger partial charge in [-0.3, -0.25) is 4.79 Å². The second-order valence-electron chi connectivity index (χ2n) is 8.87. The van der Waals surface area contributed by atoms with Gasteiger partial charge in [0.1, 0.15) is 15.5 Å². The standard InChI is InChI=1S/C22H26N6OS2/c1-11-25-22-20(30-11)18(23)19(31-22)21(29)26-14-3-4-15-12(8-14)2-5-17(27-15)28-10-13-6-7-24-9-16(13)28/h2,5,13-14,16,24H,3-4,6-10,23H2,1H3,(H,26,29). The van der Waals surface area contributed by atoms with Crippen LogP contribution in [0.4, 0.5) is 11.5 Å². The first-order chi connectivity index (χ1) is 15.1.